The highest BCUT2D eigenvalue weighted by Gasteiger charge is 2.35. The van der Waals surface area contributed by atoms with Gasteiger partial charge in [0, 0.05) is 6.54 Å². The van der Waals surface area contributed by atoms with Gasteiger partial charge in [-0.2, -0.15) is 13.2 Å². The lowest BCUT2D eigenvalue weighted by atomic mass is 10.2. The summed E-state index contributed by atoms with van der Waals surface area (Å²) in [4.78, 5) is 11.4. The second-order valence-corrected chi connectivity index (χ2v) is 4.44. The maximum Gasteiger partial charge on any atom is 0.419 e. The second kappa shape index (κ2) is 5.07. The van der Waals surface area contributed by atoms with E-state index >= 15 is 0 Å². The number of rotatable bonds is 3. The highest BCUT2D eigenvalue weighted by Crippen LogP contribution is 2.33. The number of anilines is 1. The van der Waals surface area contributed by atoms with Gasteiger partial charge in [0.15, 0.2) is 5.82 Å². The van der Waals surface area contributed by atoms with Crippen molar-refractivity contribution in [2.45, 2.75) is 19.0 Å². The Bertz CT molecular complexity index is 483. The molecule has 1 saturated carbocycles. The Kier molecular flexibility index (Phi) is 3.64. The van der Waals surface area contributed by atoms with Crippen LogP contribution in [0.15, 0.2) is 18.2 Å². The fourth-order valence-electron chi connectivity index (χ4n) is 1.57. The minimum atomic E-state index is -4.79. The van der Waals surface area contributed by atoms with Gasteiger partial charge in [0.1, 0.15) is 0 Å². The van der Waals surface area contributed by atoms with Crippen molar-refractivity contribution in [3.05, 3.63) is 29.6 Å². The number of carbonyl (C=O) groups excluding carboxylic acids is 1. The number of hydrogen-bond donors (Lipinski definition) is 2. The highest BCUT2D eigenvalue weighted by molar-refractivity contribution is 5.89. The summed E-state index contributed by atoms with van der Waals surface area (Å²) in [6, 6.07) is 2.05. The highest BCUT2D eigenvalue weighted by atomic mass is 19.4. The Morgan fingerprint density at radius 1 is 1.32 bits per heavy atom. The van der Waals surface area contributed by atoms with Crippen molar-refractivity contribution >= 4 is 11.7 Å². The van der Waals surface area contributed by atoms with E-state index in [1.54, 1.807) is 0 Å². The van der Waals surface area contributed by atoms with Crippen molar-refractivity contribution in [2.75, 3.05) is 11.9 Å². The maximum atomic E-state index is 13.6. The minimum absolute atomic E-state index is 0.428. The SMILES string of the molecule is O=C(NCC1CC1)Nc1cccc(C(F)(F)F)c1F. The Balaban J connectivity index is 2.05. The van der Waals surface area contributed by atoms with Gasteiger partial charge in [-0.3, -0.25) is 0 Å². The van der Waals surface area contributed by atoms with Crippen LogP contribution in [0.1, 0.15) is 18.4 Å². The lowest BCUT2D eigenvalue weighted by Crippen LogP contribution is -2.30. The zero-order valence-electron chi connectivity index (χ0n) is 9.85. The zero-order valence-corrected chi connectivity index (χ0v) is 9.85. The molecular weight excluding hydrogens is 264 g/mol. The van der Waals surface area contributed by atoms with E-state index in [1.165, 1.54) is 0 Å². The molecule has 1 fully saturated rings. The number of urea groups is 1. The molecule has 2 rings (SSSR count). The lowest BCUT2D eigenvalue weighted by molar-refractivity contribution is -0.139. The van der Waals surface area contributed by atoms with Crippen LogP contribution in [0.25, 0.3) is 0 Å². The van der Waals surface area contributed by atoms with Gasteiger partial charge < -0.3 is 10.6 Å². The first-order valence-electron chi connectivity index (χ1n) is 5.78. The van der Waals surface area contributed by atoms with Crippen LogP contribution < -0.4 is 10.6 Å². The number of hydrogen-bond acceptors (Lipinski definition) is 1. The predicted octanol–water partition coefficient (Wildman–Crippen LogP) is 3.38. The number of nitrogens with one attached hydrogen (secondary N) is 2. The summed E-state index contributed by atoms with van der Waals surface area (Å²) in [6.45, 7) is 0.451. The fourth-order valence-corrected chi connectivity index (χ4v) is 1.57. The predicted molar refractivity (Wildman–Crippen MR) is 61.1 cm³/mol. The molecule has 2 amide bonds. The first-order chi connectivity index (χ1) is 8.88. The normalized spacial score (nSPS) is 15.2. The minimum Gasteiger partial charge on any atom is -0.338 e. The van der Waals surface area contributed by atoms with Crippen molar-refractivity contribution < 1.29 is 22.4 Å². The van der Waals surface area contributed by atoms with Crippen molar-refractivity contribution in [3.8, 4) is 0 Å². The number of amides is 2. The topological polar surface area (TPSA) is 41.1 Å². The van der Waals surface area contributed by atoms with Crippen LogP contribution in [0.5, 0.6) is 0 Å². The number of carbonyl (C=O) groups is 1. The van der Waals surface area contributed by atoms with Gasteiger partial charge in [0.25, 0.3) is 0 Å². The Labute approximate surface area is 107 Å². The monoisotopic (exact) mass is 276 g/mol. The van der Waals surface area contributed by atoms with Gasteiger partial charge in [-0.1, -0.05) is 6.07 Å². The standard InChI is InChI=1S/C12H12F4N2O/c13-10-8(12(14,15)16)2-1-3-9(10)18-11(19)17-6-7-4-5-7/h1-3,7H,4-6H2,(H2,17,18,19). The van der Waals surface area contributed by atoms with E-state index in [-0.39, 0.29) is 0 Å². The largest absolute Gasteiger partial charge is 0.419 e. The van der Waals surface area contributed by atoms with Gasteiger partial charge in [0.05, 0.1) is 11.3 Å². The summed E-state index contributed by atoms with van der Waals surface area (Å²) in [5.74, 6) is -1.05. The molecule has 1 aromatic carbocycles. The molecule has 1 aliphatic rings. The van der Waals surface area contributed by atoms with Crippen molar-refractivity contribution in [2.24, 2.45) is 5.92 Å². The first kappa shape index (κ1) is 13.6. The van der Waals surface area contributed by atoms with Crippen LogP contribution in [0, 0.1) is 11.7 Å². The fraction of sp³-hybridized carbons (Fsp3) is 0.417. The van der Waals surface area contributed by atoms with Gasteiger partial charge in [-0.05, 0) is 30.9 Å². The Morgan fingerprint density at radius 3 is 2.58 bits per heavy atom. The zero-order chi connectivity index (χ0) is 14.0. The number of benzene rings is 1. The molecule has 19 heavy (non-hydrogen) atoms. The number of alkyl halides is 3. The molecule has 0 atom stereocenters. The van der Waals surface area contributed by atoms with Gasteiger partial charge in [0.2, 0.25) is 0 Å². The summed E-state index contributed by atoms with van der Waals surface area (Å²) < 4.78 is 51.0. The lowest BCUT2D eigenvalue weighted by Gasteiger charge is -2.12. The van der Waals surface area contributed by atoms with E-state index < -0.39 is 29.3 Å². The third-order valence-electron chi connectivity index (χ3n) is 2.80. The van der Waals surface area contributed by atoms with Crippen LogP contribution in [0.4, 0.5) is 28.0 Å². The summed E-state index contributed by atoms with van der Waals surface area (Å²) in [7, 11) is 0. The maximum absolute atomic E-state index is 13.6. The molecule has 0 bridgehead atoms. The Hall–Kier alpha value is -1.79. The summed E-state index contributed by atoms with van der Waals surface area (Å²) >= 11 is 0. The molecule has 0 heterocycles. The quantitative estimate of drug-likeness (QED) is 0.816. The summed E-state index contributed by atoms with van der Waals surface area (Å²) in [5, 5.41) is 4.56. The molecule has 7 heteroatoms. The van der Waals surface area contributed by atoms with Crippen molar-refractivity contribution in [1.29, 1.82) is 0 Å². The van der Waals surface area contributed by atoms with Gasteiger partial charge in [-0.15, -0.1) is 0 Å². The number of halogens is 4. The van der Waals surface area contributed by atoms with Crippen molar-refractivity contribution in [1.82, 2.24) is 5.32 Å². The molecule has 3 nitrogen and oxygen atoms in total. The smallest absolute Gasteiger partial charge is 0.338 e. The molecule has 1 aliphatic carbocycles. The van der Waals surface area contributed by atoms with E-state index in [9.17, 15) is 22.4 Å². The molecule has 1 aromatic rings. The molecular formula is C12H12F4N2O. The molecule has 2 N–H and O–H groups in total. The van der Waals surface area contributed by atoms with E-state index in [1.807, 2.05) is 0 Å². The van der Waals surface area contributed by atoms with E-state index in [4.69, 9.17) is 0 Å². The van der Waals surface area contributed by atoms with Crippen LogP contribution in [-0.4, -0.2) is 12.6 Å². The molecule has 0 spiro atoms. The van der Waals surface area contributed by atoms with Gasteiger partial charge in [-0.25, -0.2) is 9.18 Å². The van der Waals surface area contributed by atoms with Gasteiger partial charge >= 0.3 is 12.2 Å². The Morgan fingerprint density at radius 2 is 2.00 bits per heavy atom. The molecule has 0 aliphatic heterocycles. The molecule has 0 unspecified atom stereocenters. The average Bonchev–Trinajstić information content (AvgIpc) is 3.11. The van der Waals surface area contributed by atoms with Crippen LogP contribution in [0.3, 0.4) is 0 Å². The van der Waals surface area contributed by atoms with E-state index in [2.05, 4.69) is 10.6 Å². The third-order valence-corrected chi connectivity index (χ3v) is 2.80. The molecule has 104 valence electrons. The average molecular weight is 276 g/mol. The van der Waals surface area contributed by atoms with Crippen LogP contribution in [-0.2, 0) is 6.18 Å². The molecule has 0 saturated heterocycles. The van der Waals surface area contributed by atoms with E-state index in [0.717, 1.165) is 25.0 Å². The summed E-state index contributed by atoms with van der Waals surface area (Å²) in [5.41, 5.74) is -1.88. The second-order valence-electron chi connectivity index (χ2n) is 4.44. The van der Waals surface area contributed by atoms with E-state index in [0.29, 0.717) is 18.5 Å². The summed E-state index contributed by atoms with van der Waals surface area (Å²) in [6.07, 6.45) is -2.73. The first-order valence-corrected chi connectivity index (χ1v) is 5.78. The van der Waals surface area contributed by atoms with Crippen LogP contribution in [0.2, 0.25) is 0 Å². The van der Waals surface area contributed by atoms with Crippen molar-refractivity contribution in [3.63, 3.8) is 0 Å². The third kappa shape index (κ3) is 3.59. The molecule has 0 aromatic heterocycles. The van der Waals surface area contributed by atoms with Crippen LogP contribution >= 0.6 is 0 Å². The molecule has 0 radical (unpaired) electrons.